The van der Waals surface area contributed by atoms with Crippen molar-refractivity contribution in [2.24, 2.45) is 0 Å². The molecule has 0 unspecified atom stereocenters. The van der Waals surface area contributed by atoms with Crippen molar-refractivity contribution < 1.29 is 43.8 Å². The van der Waals surface area contributed by atoms with Gasteiger partial charge in [0.2, 0.25) is 6.29 Å². The summed E-state index contributed by atoms with van der Waals surface area (Å²) >= 11 is 0. The van der Waals surface area contributed by atoms with E-state index in [1.54, 1.807) is 6.07 Å². The van der Waals surface area contributed by atoms with E-state index in [-0.39, 0.29) is 33.8 Å². The first-order chi connectivity index (χ1) is 16.8. The highest BCUT2D eigenvalue weighted by Crippen LogP contribution is 2.43. The fourth-order valence-corrected chi connectivity index (χ4v) is 4.06. The average Bonchev–Trinajstić information content (AvgIpc) is 2.84. The van der Waals surface area contributed by atoms with Gasteiger partial charge in [-0.05, 0) is 30.3 Å². The van der Waals surface area contributed by atoms with Crippen LogP contribution in [0.15, 0.2) is 67.0 Å². The summed E-state index contributed by atoms with van der Waals surface area (Å²) < 4.78 is 21.8. The van der Waals surface area contributed by atoms with Gasteiger partial charge in [0.1, 0.15) is 47.1 Å². The number of phenols is 1. The number of benzene rings is 2. The van der Waals surface area contributed by atoms with E-state index < -0.39 is 48.6 Å². The first-order valence-electron chi connectivity index (χ1n) is 10.6. The van der Waals surface area contributed by atoms with Crippen LogP contribution >= 0.6 is 0 Å². The van der Waals surface area contributed by atoms with Gasteiger partial charge in [-0.25, -0.2) is 9.59 Å². The van der Waals surface area contributed by atoms with Gasteiger partial charge < -0.3 is 43.8 Å². The Morgan fingerprint density at radius 3 is 2.26 bits per heavy atom. The number of phenolic OH excluding ortho intramolecular Hbond substituents is 1. The van der Waals surface area contributed by atoms with E-state index in [0.29, 0.717) is 10.8 Å². The standard InChI is InChI=1S/C24H20O11/c25-9-16-20(29)21(30)22(31)24(34-16)33-14-4-1-10-2-5-18(28)35-23(10)19(14)12-7-11-3-6-17(27)32-15(11)8-13(12)26/h1-8,16,20-22,24-26,29-31H,9H2/t16-,20-,21+,22-,24-/m1/s1. The van der Waals surface area contributed by atoms with Gasteiger partial charge in [0.25, 0.3) is 0 Å². The van der Waals surface area contributed by atoms with Gasteiger partial charge in [-0.3, -0.25) is 0 Å². The molecule has 2 aromatic heterocycles. The van der Waals surface area contributed by atoms with Crippen LogP contribution in [0.2, 0.25) is 0 Å². The molecule has 0 bridgehead atoms. The van der Waals surface area contributed by atoms with Crippen LogP contribution < -0.4 is 16.0 Å². The Hall–Kier alpha value is -3.74. The summed E-state index contributed by atoms with van der Waals surface area (Å²) in [6, 6.07) is 11.2. The van der Waals surface area contributed by atoms with E-state index in [2.05, 4.69) is 0 Å². The predicted molar refractivity (Wildman–Crippen MR) is 120 cm³/mol. The number of ether oxygens (including phenoxy) is 2. The van der Waals surface area contributed by atoms with Crippen LogP contribution in [0.25, 0.3) is 33.1 Å². The Morgan fingerprint density at radius 1 is 0.829 bits per heavy atom. The van der Waals surface area contributed by atoms with Crippen molar-refractivity contribution in [2.75, 3.05) is 6.61 Å². The molecule has 5 atom stereocenters. The number of rotatable bonds is 4. The fourth-order valence-electron chi connectivity index (χ4n) is 4.06. The summed E-state index contributed by atoms with van der Waals surface area (Å²) in [7, 11) is 0. The molecule has 5 rings (SSSR count). The van der Waals surface area contributed by atoms with E-state index in [0.717, 1.165) is 0 Å². The highest BCUT2D eigenvalue weighted by Gasteiger charge is 2.45. The summed E-state index contributed by atoms with van der Waals surface area (Å²) in [5.41, 5.74) is -0.848. The van der Waals surface area contributed by atoms with Crippen LogP contribution in [-0.2, 0) is 4.74 Å². The molecule has 182 valence electrons. The van der Waals surface area contributed by atoms with Gasteiger partial charge in [0, 0.05) is 34.5 Å². The Bertz CT molecular complexity index is 1520. The first kappa shape index (κ1) is 23.0. The number of hydrogen-bond donors (Lipinski definition) is 5. The van der Waals surface area contributed by atoms with Crippen LogP contribution in [0.1, 0.15) is 0 Å². The lowest BCUT2D eigenvalue weighted by Crippen LogP contribution is -2.60. The average molecular weight is 484 g/mol. The van der Waals surface area contributed by atoms with Crippen molar-refractivity contribution >= 4 is 21.9 Å². The van der Waals surface area contributed by atoms with E-state index in [1.165, 1.54) is 42.5 Å². The highest BCUT2D eigenvalue weighted by molar-refractivity contribution is 5.99. The van der Waals surface area contributed by atoms with Gasteiger partial charge in [-0.15, -0.1) is 0 Å². The van der Waals surface area contributed by atoms with Crippen molar-refractivity contribution in [1.29, 1.82) is 0 Å². The molecule has 11 nitrogen and oxygen atoms in total. The molecule has 0 aliphatic carbocycles. The molecule has 0 amide bonds. The molecule has 1 saturated heterocycles. The smallest absolute Gasteiger partial charge is 0.336 e. The van der Waals surface area contributed by atoms with Crippen LogP contribution in [-0.4, -0.2) is 62.8 Å². The minimum atomic E-state index is -1.70. The van der Waals surface area contributed by atoms with E-state index in [4.69, 9.17) is 18.3 Å². The van der Waals surface area contributed by atoms with Crippen molar-refractivity contribution in [2.45, 2.75) is 30.7 Å². The van der Waals surface area contributed by atoms with Crippen molar-refractivity contribution in [1.82, 2.24) is 0 Å². The summed E-state index contributed by atoms with van der Waals surface area (Å²) in [6.45, 7) is -0.652. The molecule has 0 saturated carbocycles. The molecule has 2 aromatic carbocycles. The molecule has 0 radical (unpaired) electrons. The molecular weight excluding hydrogens is 464 g/mol. The lowest BCUT2D eigenvalue weighted by Gasteiger charge is -2.39. The van der Waals surface area contributed by atoms with Gasteiger partial charge in [-0.1, -0.05) is 0 Å². The van der Waals surface area contributed by atoms with E-state index in [1.807, 2.05) is 0 Å². The zero-order valence-corrected chi connectivity index (χ0v) is 17.9. The summed E-state index contributed by atoms with van der Waals surface area (Å²) in [4.78, 5) is 23.6. The maximum absolute atomic E-state index is 12.0. The van der Waals surface area contributed by atoms with E-state index in [9.17, 15) is 35.1 Å². The maximum atomic E-state index is 12.0. The quantitative estimate of drug-likeness (QED) is 0.254. The predicted octanol–water partition coefficient (Wildman–Crippen LogP) is 0.451. The monoisotopic (exact) mass is 484 g/mol. The Morgan fingerprint density at radius 2 is 1.51 bits per heavy atom. The Kier molecular flexibility index (Phi) is 5.79. The zero-order chi connectivity index (χ0) is 24.9. The molecule has 5 N–H and O–H groups in total. The van der Waals surface area contributed by atoms with Gasteiger partial charge >= 0.3 is 11.3 Å². The Balaban J connectivity index is 1.70. The lowest BCUT2D eigenvalue weighted by atomic mass is 9.98. The summed E-state index contributed by atoms with van der Waals surface area (Å²) in [5.74, 6) is -0.340. The number of aliphatic hydroxyl groups excluding tert-OH is 4. The molecule has 1 fully saturated rings. The third-order valence-corrected chi connectivity index (χ3v) is 5.85. The topological polar surface area (TPSA) is 180 Å². The molecule has 1 aliphatic rings. The number of hydrogen-bond acceptors (Lipinski definition) is 11. The van der Waals surface area contributed by atoms with Crippen molar-refractivity contribution in [3.63, 3.8) is 0 Å². The second kappa shape index (κ2) is 8.80. The normalized spacial score (nSPS) is 24.6. The second-order valence-corrected chi connectivity index (χ2v) is 8.09. The first-order valence-corrected chi connectivity index (χ1v) is 10.6. The molecule has 4 aromatic rings. The number of fused-ring (bicyclic) bond motifs is 2. The summed E-state index contributed by atoms with van der Waals surface area (Å²) in [5, 5.41) is 51.8. The number of aromatic hydroxyl groups is 1. The van der Waals surface area contributed by atoms with Gasteiger partial charge in [0.15, 0.2) is 0 Å². The lowest BCUT2D eigenvalue weighted by molar-refractivity contribution is -0.277. The molecular formula is C24H20O11. The molecule has 11 heteroatoms. The molecule has 35 heavy (non-hydrogen) atoms. The van der Waals surface area contributed by atoms with E-state index >= 15 is 0 Å². The molecule has 3 heterocycles. The Labute approximate surface area is 195 Å². The SMILES string of the molecule is O=c1ccc2cc(-c3c(O[C@@H]4O[C@H](CO)[C@@H](O)[C@H](O)[C@H]4O)ccc4ccc(=O)oc34)c(O)cc2o1. The maximum Gasteiger partial charge on any atom is 0.336 e. The summed E-state index contributed by atoms with van der Waals surface area (Å²) in [6.07, 6.45) is -7.69. The van der Waals surface area contributed by atoms with Crippen molar-refractivity contribution in [3.8, 4) is 22.6 Å². The molecule has 1 aliphatic heterocycles. The highest BCUT2D eigenvalue weighted by atomic mass is 16.7. The third-order valence-electron chi connectivity index (χ3n) is 5.85. The van der Waals surface area contributed by atoms with Crippen LogP contribution in [0.3, 0.4) is 0 Å². The van der Waals surface area contributed by atoms with Crippen molar-refractivity contribution in [3.05, 3.63) is 69.4 Å². The fraction of sp³-hybridized carbons (Fsp3) is 0.250. The largest absolute Gasteiger partial charge is 0.507 e. The van der Waals surface area contributed by atoms with Gasteiger partial charge in [-0.2, -0.15) is 0 Å². The third kappa shape index (κ3) is 4.05. The minimum absolute atomic E-state index is 0.0109. The van der Waals surface area contributed by atoms with Crippen LogP contribution in [0, 0.1) is 0 Å². The van der Waals surface area contributed by atoms with Gasteiger partial charge in [0.05, 0.1) is 12.2 Å². The molecule has 0 spiro atoms. The van der Waals surface area contributed by atoms with Crippen LogP contribution in [0.5, 0.6) is 11.5 Å². The number of aliphatic hydroxyl groups is 4. The minimum Gasteiger partial charge on any atom is -0.507 e. The zero-order valence-electron chi connectivity index (χ0n) is 17.9. The van der Waals surface area contributed by atoms with Crippen LogP contribution in [0.4, 0.5) is 0 Å². The second-order valence-electron chi connectivity index (χ2n) is 8.09.